The molecule has 1 N–H and O–H groups in total. The molecule has 0 bridgehead atoms. The molecule has 0 atom stereocenters. The van der Waals surface area contributed by atoms with Gasteiger partial charge >= 0.3 is 0 Å². The molecule has 0 aliphatic rings. The van der Waals surface area contributed by atoms with E-state index in [0.29, 0.717) is 0 Å². The van der Waals surface area contributed by atoms with Crippen LogP contribution < -0.4 is 5.32 Å². The van der Waals surface area contributed by atoms with Gasteiger partial charge in [0.15, 0.2) is 4.34 Å². The predicted molar refractivity (Wildman–Crippen MR) is 60.0 cm³/mol. The van der Waals surface area contributed by atoms with Crippen LogP contribution in [0.3, 0.4) is 0 Å². The van der Waals surface area contributed by atoms with Crippen molar-refractivity contribution in [2.24, 2.45) is 0 Å². The molecular formula is C8H15N3OS2. The summed E-state index contributed by atoms with van der Waals surface area (Å²) in [6, 6.07) is 0. The second-order valence-corrected chi connectivity index (χ2v) is 4.62. The van der Waals surface area contributed by atoms with Crippen molar-refractivity contribution in [1.82, 2.24) is 14.7 Å². The smallest absolute Gasteiger partial charge is 0.169 e. The van der Waals surface area contributed by atoms with Crippen molar-refractivity contribution in [2.75, 3.05) is 32.1 Å². The third-order valence-electron chi connectivity index (χ3n) is 1.47. The molecule has 0 aliphatic heterocycles. The Morgan fingerprint density at radius 2 is 2.50 bits per heavy atom. The number of nitrogens with one attached hydrogen (secondary N) is 1. The minimum Gasteiger partial charge on any atom is -0.380 e. The largest absolute Gasteiger partial charge is 0.380 e. The highest BCUT2D eigenvalue weighted by Gasteiger charge is 1.96. The van der Waals surface area contributed by atoms with E-state index in [0.717, 1.165) is 36.4 Å². The number of hydrogen-bond donors (Lipinski definition) is 1. The molecule has 1 rings (SSSR count). The Morgan fingerprint density at radius 1 is 1.57 bits per heavy atom. The Morgan fingerprint density at radius 3 is 3.21 bits per heavy atom. The minimum absolute atomic E-state index is 0.792. The molecule has 0 unspecified atom stereocenters. The number of thioether (sulfide) groups is 1. The summed E-state index contributed by atoms with van der Waals surface area (Å²) >= 11 is 3.18. The zero-order valence-corrected chi connectivity index (χ0v) is 9.87. The number of hydrogen-bond acceptors (Lipinski definition) is 6. The lowest BCUT2D eigenvalue weighted by atomic mass is 10.6. The summed E-state index contributed by atoms with van der Waals surface area (Å²) in [5, 5.41) is 3.29. The third-order valence-corrected chi connectivity index (χ3v) is 3.27. The summed E-state index contributed by atoms with van der Waals surface area (Å²) in [7, 11) is 0. The fourth-order valence-corrected chi connectivity index (χ4v) is 2.26. The standard InChI is InChI=1S/C8H15N3OS2/c1-2-12-5-3-9-4-6-13-8-10-7-11-14-8/h7,9H,2-6H2,1H3. The first-order valence-electron chi connectivity index (χ1n) is 4.61. The van der Waals surface area contributed by atoms with Gasteiger partial charge in [0, 0.05) is 25.4 Å². The lowest BCUT2D eigenvalue weighted by Crippen LogP contribution is -2.22. The van der Waals surface area contributed by atoms with Crippen molar-refractivity contribution in [3.05, 3.63) is 6.33 Å². The molecule has 0 aromatic carbocycles. The number of aromatic nitrogens is 2. The highest BCUT2D eigenvalue weighted by molar-refractivity contribution is 8.00. The Balaban J connectivity index is 1.85. The SMILES string of the molecule is CCOCCNCCSc1ncns1. The molecule has 0 radical (unpaired) electrons. The summed E-state index contributed by atoms with van der Waals surface area (Å²) in [6.45, 7) is 5.49. The molecule has 0 fully saturated rings. The molecule has 80 valence electrons. The van der Waals surface area contributed by atoms with Gasteiger partial charge in [0.1, 0.15) is 6.33 Å². The van der Waals surface area contributed by atoms with Gasteiger partial charge in [0.25, 0.3) is 0 Å². The fourth-order valence-electron chi connectivity index (χ4n) is 0.851. The molecule has 0 spiro atoms. The maximum absolute atomic E-state index is 5.20. The molecule has 0 saturated carbocycles. The second-order valence-electron chi connectivity index (χ2n) is 2.50. The number of ether oxygens (including phenoxy) is 1. The van der Waals surface area contributed by atoms with Crippen molar-refractivity contribution < 1.29 is 4.74 Å². The second kappa shape index (κ2) is 8.16. The first kappa shape index (κ1) is 11.9. The lowest BCUT2D eigenvalue weighted by molar-refractivity contribution is 0.150. The molecule has 1 aromatic rings. The van der Waals surface area contributed by atoms with Gasteiger partial charge in [0.05, 0.1) is 6.61 Å². The lowest BCUT2D eigenvalue weighted by Gasteiger charge is -2.03. The molecule has 0 aliphatic carbocycles. The molecule has 4 nitrogen and oxygen atoms in total. The van der Waals surface area contributed by atoms with E-state index in [1.54, 1.807) is 18.1 Å². The van der Waals surface area contributed by atoms with Crippen LogP contribution in [0.15, 0.2) is 10.7 Å². The highest BCUT2D eigenvalue weighted by atomic mass is 32.2. The normalized spacial score (nSPS) is 10.6. The quantitative estimate of drug-likeness (QED) is 0.541. The van der Waals surface area contributed by atoms with E-state index in [4.69, 9.17) is 4.74 Å². The highest BCUT2D eigenvalue weighted by Crippen LogP contribution is 2.16. The van der Waals surface area contributed by atoms with E-state index in [1.165, 1.54) is 11.5 Å². The van der Waals surface area contributed by atoms with E-state index in [2.05, 4.69) is 14.7 Å². The first-order valence-corrected chi connectivity index (χ1v) is 6.37. The van der Waals surface area contributed by atoms with E-state index < -0.39 is 0 Å². The molecule has 0 amide bonds. The van der Waals surface area contributed by atoms with Crippen molar-refractivity contribution in [3.8, 4) is 0 Å². The van der Waals surface area contributed by atoms with E-state index in [-0.39, 0.29) is 0 Å². The van der Waals surface area contributed by atoms with Crippen LogP contribution in [0.25, 0.3) is 0 Å². The summed E-state index contributed by atoms with van der Waals surface area (Å²) in [5.41, 5.74) is 0. The Bertz CT molecular complexity index is 218. The van der Waals surface area contributed by atoms with E-state index in [9.17, 15) is 0 Å². The van der Waals surface area contributed by atoms with E-state index >= 15 is 0 Å². The average molecular weight is 233 g/mol. The Hall–Kier alpha value is -0.170. The molecule has 1 aromatic heterocycles. The summed E-state index contributed by atoms with van der Waals surface area (Å²) in [4.78, 5) is 4.08. The maximum Gasteiger partial charge on any atom is 0.169 e. The van der Waals surface area contributed by atoms with Crippen LogP contribution in [0.5, 0.6) is 0 Å². The van der Waals surface area contributed by atoms with Crippen LogP contribution in [-0.4, -0.2) is 41.4 Å². The Kier molecular flexibility index (Phi) is 6.94. The van der Waals surface area contributed by atoms with Gasteiger partial charge in [-0.1, -0.05) is 11.8 Å². The zero-order valence-electron chi connectivity index (χ0n) is 8.23. The monoisotopic (exact) mass is 233 g/mol. The fraction of sp³-hybridized carbons (Fsp3) is 0.750. The Labute approximate surface area is 92.6 Å². The van der Waals surface area contributed by atoms with Gasteiger partial charge in [-0.05, 0) is 18.5 Å². The predicted octanol–water partition coefficient (Wildman–Crippen LogP) is 1.26. The van der Waals surface area contributed by atoms with Crippen LogP contribution >= 0.6 is 23.3 Å². The van der Waals surface area contributed by atoms with Crippen LogP contribution in [0.4, 0.5) is 0 Å². The van der Waals surface area contributed by atoms with Crippen molar-refractivity contribution in [3.63, 3.8) is 0 Å². The zero-order chi connectivity index (χ0) is 10.1. The molecule has 6 heteroatoms. The van der Waals surface area contributed by atoms with Crippen LogP contribution in [0, 0.1) is 0 Å². The van der Waals surface area contributed by atoms with Gasteiger partial charge in [-0.15, -0.1) is 0 Å². The van der Waals surface area contributed by atoms with Crippen LogP contribution in [0.2, 0.25) is 0 Å². The third kappa shape index (κ3) is 5.54. The van der Waals surface area contributed by atoms with Crippen LogP contribution in [-0.2, 0) is 4.74 Å². The maximum atomic E-state index is 5.20. The number of nitrogens with zero attached hydrogens (tertiary/aromatic N) is 2. The molecule has 1 heterocycles. The first-order chi connectivity index (χ1) is 6.93. The van der Waals surface area contributed by atoms with Gasteiger partial charge in [0.2, 0.25) is 0 Å². The van der Waals surface area contributed by atoms with Gasteiger partial charge < -0.3 is 10.1 Å². The van der Waals surface area contributed by atoms with E-state index in [1.807, 2.05) is 6.92 Å². The topological polar surface area (TPSA) is 47.0 Å². The van der Waals surface area contributed by atoms with Crippen LogP contribution in [0.1, 0.15) is 6.92 Å². The van der Waals surface area contributed by atoms with Crippen molar-refractivity contribution >= 4 is 23.3 Å². The van der Waals surface area contributed by atoms with Gasteiger partial charge in [-0.25, -0.2) is 4.98 Å². The van der Waals surface area contributed by atoms with Gasteiger partial charge in [-0.3, -0.25) is 0 Å². The summed E-state index contributed by atoms with van der Waals surface area (Å²) < 4.78 is 10.2. The molecule has 14 heavy (non-hydrogen) atoms. The molecule has 0 saturated heterocycles. The summed E-state index contributed by atoms with van der Waals surface area (Å²) in [6.07, 6.45) is 1.59. The van der Waals surface area contributed by atoms with Crippen molar-refractivity contribution in [1.29, 1.82) is 0 Å². The van der Waals surface area contributed by atoms with Gasteiger partial charge in [-0.2, -0.15) is 4.37 Å². The van der Waals surface area contributed by atoms with Crippen molar-refractivity contribution in [2.45, 2.75) is 11.3 Å². The summed E-state index contributed by atoms with van der Waals surface area (Å²) in [5.74, 6) is 1.03. The number of rotatable bonds is 8. The average Bonchev–Trinajstić information content (AvgIpc) is 2.69. The minimum atomic E-state index is 0.792. The molecular weight excluding hydrogens is 218 g/mol.